The number of carboxylic acids is 1. The van der Waals surface area contributed by atoms with E-state index in [9.17, 15) is 9.90 Å². The van der Waals surface area contributed by atoms with Crippen LogP contribution in [0.4, 0.5) is 0 Å². The molecule has 0 radical (unpaired) electrons. The molecule has 0 saturated carbocycles. The van der Waals surface area contributed by atoms with Crippen LogP contribution in [-0.4, -0.2) is 29.3 Å². The van der Waals surface area contributed by atoms with E-state index in [0.717, 1.165) is 16.5 Å². The molecule has 0 saturated heterocycles. The molecular formula is C14H15NO4. The first-order chi connectivity index (χ1) is 9.00. The van der Waals surface area contributed by atoms with E-state index in [4.69, 9.17) is 9.47 Å². The minimum atomic E-state index is -0.956. The number of aromatic nitrogens is 1. The summed E-state index contributed by atoms with van der Waals surface area (Å²) in [4.78, 5) is 14.5. The summed E-state index contributed by atoms with van der Waals surface area (Å²) in [5.74, 6) is 0.504. The Bertz CT molecular complexity index is 657. The lowest BCUT2D eigenvalue weighted by Gasteiger charge is -2.21. The van der Waals surface area contributed by atoms with Crippen molar-refractivity contribution in [1.29, 1.82) is 0 Å². The van der Waals surface area contributed by atoms with Gasteiger partial charge in [-0.15, -0.1) is 0 Å². The maximum atomic E-state index is 11.4. The van der Waals surface area contributed by atoms with Gasteiger partial charge in [0.25, 0.3) is 0 Å². The number of hydrogen-bond donors (Lipinski definition) is 2. The molecule has 1 aromatic carbocycles. The topological polar surface area (TPSA) is 71.5 Å². The maximum absolute atomic E-state index is 11.4. The lowest BCUT2D eigenvalue weighted by atomic mass is 9.84. The van der Waals surface area contributed by atoms with Gasteiger partial charge in [0.05, 0.1) is 5.41 Å². The number of nitrogens with one attached hydrogen (secondary N) is 1. The fourth-order valence-electron chi connectivity index (χ4n) is 2.29. The highest BCUT2D eigenvalue weighted by atomic mass is 16.6. The summed E-state index contributed by atoms with van der Waals surface area (Å²) in [6, 6.07) is 3.70. The Balaban J connectivity index is 2.20. The van der Waals surface area contributed by atoms with Gasteiger partial charge in [0.1, 0.15) is 13.2 Å². The SMILES string of the molecule is CC(C)(C(=O)O)c1c[nH]c2cc3c(cc12)OCCO3. The molecule has 0 bridgehead atoms. The van der Waals surface area contributed by atoms with Crippen LogP contribution in [0.25, 0.3) is 10.9 Å². The third-order valence-electron chi connectivity index (χ3n) is 3.55. The number of aliphatic carboxylic acids is 1. The van der Waals surface area contributed by atoms with Gasteiger partial charge in [0.15, 0.2) is 11.5 Å². The quantitative estimate of drug-likeness (QED) is 0.870. The number of H-pyrrole nitrogens is 1. The summed E-state index contributed by atoms with van der Waals surface area (Å²) in [6.45, 7) is 4.43. The molecule has 0 spiro atoms. The molecule has 5 heteroatoms. The Kier molecular flexibility index (Phi) is 2.45. The Morgan fingerprint density at radius 1 is 1.26 bits per heavy atom. The molecule has 100 valence electrons. The van der Waals surface area contributed by atoms with Crippen LogP contribution < -0.4 is 9.47 Å². The fourth-order valence-corrected chi connectivity index (χ4v) is 2.29. The number of rotatable bonds is 2. The third-order valence-corrected chi connectivity index (χ3v) is 3.55. The van der Waals surface area contributed by atoms with Gasteiger partial charge in [0, 0.05) is 23.2 Å². The summed E-state index contributed by atoms with van der Waals surface area (Å²) >= 11 is 0. The molecule has 19 heavy (non-hydrogen) atoms. The van der Waals surface area contributed by atoms with Crippen molar-refractivity contribution in [2.24, 2.45) is 0 Å². The molecule has 5 nitrogen and oxygen atoms in total. The van der Waals surface area contributed by atoms with Crippen LogP contribution in [0.3, 0.4) is 0 Å². The Labute approximate surface area is 110 Å². The fraction of sp³-hybridized carbons (Fsp3) is 0.357. The van der Waals surface area contributed by atoms with Gasteiger partial charge in [-0.1, -0.05) is 0 Å². The van der Waals surface area contributed by atoms with Crippen LogP contribution in [-0.2, 0) is 10.2 Å². The maximum Gasteiger partial charge on any atom is 0.313 e. The average Bonchev–Trinajstić information content (AvgIpc) is 2.79. The van der Waals surface area contributed by atoms with E-state index in [0.29, 0.717) is 24.7 Å². The summed E-state index contributed by atoms with van der Waals surface area (Å²) in [5, 5.41) is 10.2. The number of fused-ring (bicyclic) bond motifs is 2. The van der Waals surface area contributed by atoms with Crippen molar-refractivity contribution in [2.45, 2.75) is 19.3 Å². The standard InChI is InChI=1S/C14H15NO4/c1-14(2,13(16)17)9-7-15-10-6-12-11(5-8(9)10)18-3-4-19-12/h5-7,15H,3-4H2,1-2H3,(H,16,17). The van der Waals surface area contributed by atoms with E-state index in [2.05, 4.69) is 4.98 Å². The van der Waals surface area contributed by atoms with Crippen molar-refractivity contribution in [1.82, 2.24) is 4.98 Å². The zero-order valence-corrected chi connectivity index (χ0v) is 10.8. The number of ether oxygens (including phenoxy) is 2. The molecule has 2 heterocycles. The van der Waals surface area contributed by atoms with Crippen LogP contribution in [0, 0.1) is 0 Å². The molecular weight excluding hydrogens is 246 g/mol. The average molecular weight is 261 g/mol. The molecule has 0 aliphatic carbocycles. The van der Waals surface area contributed by atoms with Crippen molar-refractivity contribution >= 4 is 16.9 Å². The number of carboxylic acid groups (broad SMARTS) is 1. The largest absolute Gasteiger partial charge is 0.486 e. The second kappa shape index (κ2) is 3.91. The zero-order chi connectivity index (χ0) is 13.6. The molecule has 2 N–H and O–H groups in total. The minimum absolute atomic E-state index is 0.514. The predicted molar refractivity (Wildman–Crippen MR) is 70.0 cm³/mol. The minimum Gasteiger partial charge on any atom is -0.486 e. The first-order valence-corrected chi connectivity index (χ1v) is 6.15. The van der Waals surface area contributed by atoms with Crippen molar-refractivity contribution in [3.8, 4) is 11.5 Å². The van der Waals surface area contributed by atoms with Crippen LogP contribution in [0.5, 0.6) is 11.5 Å². The second-order valence-electron chi connectivity index (χ2n) is 5.17. The lowest BCUT2D eigenvalue weighted by molar-refractivity contribution is -0.142. The molecule has 0 unspecified atom stereocenters. The Morgan fingerprint density at radius 3 is 2.53 bits per heavy atom. The highest BCUT2D eigenvalue weighted by molar-refractivity contribution is 5.93. The molecule has 1 aliphatic rings. The van der Waals surface area contributed by atoms with Gasteiger partial charge in [-0.2, -0.15) is 0 Å². The molecule has 2 aromatic rings. The zero-order valence-electron chi connectivity index (χ0n) is 10.8. The first-order valence-electron chi connectivity index (χ1n) is 6.15. The van der Waals surface area contributed by atoms with Gasteiger partial charge in [-0.25, -0.2) is 0 Å². The number of carbonyl (C=O) groups is 1. The first kappa shape index (κ1) is 11.9. The van der Waals surface area contributed by atoms with Crippen molar-refractivity contribution in [3.05, 3.63) is 23.9 Å². The van der Waals surface area contributed by atoms with Gasteiger partial charge in [-0.05, 0) is 25.5 Å². The van der Waals surface area contributed by atoms with E-state index < -0.39 is 11.4 Å². The lowest BCUT2D eigenvalue weighted by Crippen LogP contribution is -2.28. The van der Waals surface area contributed by atoms with Crippen molar-refractivity contribution in [3.63, 3.8) is 0 Å². The monoisotopic (exact) mass is 261 g/mol. The van der Waals surface area contributed by atoms with Crippen LogP contribution in [0.1, 0.15) is 19.4 Å². The van der Waals surface area contributed by atoms with E-state index in [1.54, 1.807) is 20.0 Å². The second-order valence-corrected chi connectivity index (χ2v) is 5.17. The van der Waals surface area contributed by atoms with E-state index in [-0.39, 0.29) is 0 Å². The van der Waals surface area contributed by atoms with Crippen LogP contribution >= 0.6 is 0 Å². The van der Waals surface area contributed by atoms with Crippen LogP contribution in [0.2, 0.25) is 0 Å². The van der Waals surface area contributed by atoms with Crippen molar-refractivity contribution < 1.29 is 19.4 Å². The molecule has 1 aliphatic heterocycles. The summed E-state index contributed by atoms with van der Waals surface area (Å²) in [6.07, 6.45) is 1.74. The van der Waals surface area contributed by atoms with Gasteiger partial charge in [-0.3, -0.25) is 4.79 Å². The van der Waals surface area contributed by atoms with E-state index >= 15 is 0 Å². The number of benzene rings is 1. The van der Waals surface area contributed by atoms with E-state index in [1.165, 1.54) is 0 Å². The van der Waals surface area contributed by atoms with E-state index in [1.807, 2.05) is 12.1 Å². The Hall–Kier alpha value is -2.17. The molecule has 3 rings (SSSR count). The molecule has 1 aromatic heterocycles. The van der Waals surface area contributed by atoms with Gasteiger partial charge >= 0.3 is 5.97 Å². The predicted octanol–water partition coefficient (Wildman–Crippen LogP) is 2.30. The molecule has 0 atom stereocenters. The smallest absolute Gasteiger partial charge is 0.313 e. The number of hydrogen-bond acceptors (Lipinski definition) is 3. The normalized spacial score (nSPS) is 14.6. The van der Waals surface area contributed by atoms with Crippen molar-refractivity contribution in [2.75, 3.05) is 13.2 Å². The third kappa shape index (κ3) is 1.73. The molecule has 0 fully saturated rings. The summed E-state index contributed by atoms with van der Waals surface area (Å²) in [7, 11) is 0. The summed E-state index contributed by atoms with van der Waals surface area (Å²) < 4.78 is 11.1. The highest BCUT2D eigenvalue weighted by Gasteiger charge is 2.32. The molecule has 0 amide bonds. The highest BCUT2D eigenvalue weighted by Crippen LogP contribution is 2.38. The van der Waals surface area contributed by atoms with Gasteiger partial charge < -0.3 is 19.6 Å². The van der Waals surface area contributed by atoms with Crippen LogP contribution in [0.15, 0.2) is 18.3 Å². The summed E-state index contributed by atoms with van der Waals surface area (Å²) in [5.41, 5.74) is 0.641. The Morgan fingerprint density at radius 2 is 1.89 bits per heavy atom. The number of aromatic amines is 1. The van der Waals surface area contributed by atoms with Gasteiger partial charge in [0.2, 0.25) is 0 Å².